The molecule has 1 amide bonds. The maximum absolute atomic E-state index is 13.4. The standard InChI is InChI=1S/C12H15BrFNO3/c13-9-2-3-11(14)10(8-9)12(17)15-4-1-6-18-7-5-16/h2-3,8,16H,1,4-7H2,(H,15,17). The van der Waals surface area contributed by atoms with Crippen LogP contribution in [0, 0.1) is 5.82 Å². The molecule has 18 heavy (non-hydrogen) atoms. The molecule has 0 atom stereocenters. The number of carbonyl (C=O) groups is 1. The molecule has 0 radical (unpaired) electrons. The molecule has 6 heteroatoms. The molecule has 0 aliphatic rings. The Morgan fingerprint density at radius 1 is 1.44 bits per heavy atom. The van der Waals surface area contributed by atoms with Crippen molar-refractivity contribution in [2.75, 3.05) is 26.4 Å². The van der Waals surface area contributed by atoms with Gasteiger partial charge in [-0.25, -0.2) is 4.39 Å². The zero-order valence-corrected chi connectivity index (χ0v) is 11.4. The predicted octanol–water partition coefficient (Wildman–Crippen LogP) is 1.72. The molecule has 0 saturated carbocycles. The van der Waals surface area contributed by atoms with Crippen molar-refractivity contribution in [2.24, 2.45) is 0 Å². The fourth-order valence-electron chi connectivity index (χ4n) is 1.31. The Balaban J connectivity index is 2.34. The second-order valence-corrected chi connectivity index (χ2v) is 4.49. The lowest BCUT2D eigenvalue weighted by Gasteiger charge is -2.06. The predicted molar refractivity (Wildman–Crippen MR) is 69.0 cm³/mol. The van der Waals surface area contributed by atoms with Gasteiger partial charge in [-0.05, 0) is 24.6 Å². The molecular formula is C12H15BrFNO3. The summed E-state index contributed by atoms with van der Waals surface area (Å²) >= 11 is 3.18. The third-order valence-corrected chi connectivity index (χ3v) is 2.65. The molecule has 0 unspecified atom stereocenters. The van der Waals surface area contributed by atoms with Gasteiger partial charge in [0, 0.05) is 17.6 Å². The van der Waals surface area contributed by atoms with E-state index in [9.17, 15) is 9.18 Å². The van der Waals surface area contributed by atoms with Crippen molar-refractivity contribution >= 4 is 21.8 Å². The molecule has 0 aliphatic heterocycles. The number of rotatable bonds is 7. The lowest BCUT2D eigenvalue weighted by Crippen LogP contribution is -2.26. The maximum Gasteiger partial charge on any atom is 0.254 e. The van der Waals surface area contributed by atoms with Crippen LogP contribution in [0.25, 0.3) is 0 Å². The van der Waals surface area contributed by atoms with Gasteiger partial charge in [-0.15, -0.1) is 0 Å². The van der Waals surface area contributed by atoms with Crippen molar-refractivity contribution in [1.29, 1.82) is 0 Å². The minimum Gasteiger partial charge on any atom is -0.394 e. The van der Waals surface area contributed by atoms with Crippen LogP contribution in [0.4, 0.5) is 4.39 Å². The molecule has 0 fully saturated rings. The smallest absolute Gasteiger partial charge is 0.254 e. The molecule has 0 bridgehead atoms. The topological polar surface area (TPSA) is 58.6 Å². The highest BCUT2D eigenvalue weighted by molar-refractivity contribution is 9.10. The van der Waals surface area contributed by atoms with Crippen LogP contribution in [0.3, 0.4) is 0 Å². The average molecular weight is 320 g/mol. The fraction of sp³-hybridized carbons (Fsp3) is 0.417. The third-order valence-electron chi connectivity index (χ3n) is 2.16. The van der Waals surface area contributed by atoms with Crippen LogP contribution in [-0.2, 0) is 4.74 Å². The first-order valence-electron chi connectivity index (χ1n) is 5.57. The van der Waals surface area contributed by atoms with E-state index in [-0.39, 0.29) is 18.8 Å². The summed E-state index contributed by atoms with van der Waals surface area (Å²) in [7, 11) is 0. The van der Waals surface area contributed by atoms with Crippen molar-refractivity contribution in [2.45, 2.75) is 6.42 Å². The SMILES string of the molecule is O=C(NCCCOCCO)c1cc(Br)ccc1F. The summed E-state index contributed by atoms with van der Waals surface area (Å²) in [6, 6.07) is 4.21. The highest BCUT2D eigenvalue weighted by Crippen LogP contribution is 2.15. The van der Waals surface area contributed by atoms with Gasteiger partial charge in [-0.3, -0.25) is 4.79 Å². The first-order valence-corrected chi connectivity index (χ1v) is 6.36. The van der Waals surface area contributed by atoms with Crippen LogP contribution < -0.4 is 5.32 Å². The number of aliphatic hydroxyl groups excluding tert-OH is 1. The van der Waals surface area contributed by atoms with Crippen molar-refractivity contribution in [3.63, 3.8) is 0 Å². The number of hydrogen-bond acceptors (Lipinski definition) is 3. The molecule has 0 aliphatic carbocycles. The number of amides is 1. The van der Waals surface area contributed by atoms with Gasteiger partial charge in [0.05, 0.1) is 18.8 Å². The normalized spacial score (nSPS) is 10.4. The Bertz CT molecular complexity index is 401. The number of benzene rings is 1. The van der Waals surface area contributed by atoms with Crippen molar-refractivity contribution in [1.82, 2.24) is 5.32 Å². The van der Waals surface area contributed by atoms with E-state index < -0.39 is 11.7 Å². The minimum absolute atomic E-state index is 0.0145. The summed E-state index contributed by atoms with van der Waals surface area (Å²) in [6.45, 7) is 1.11. The minimum atomic E-state index is -0.549. The first kappa shape index (κ1) is 15.1. The van der Waals surface area contributed by atoms with E-state index in [4.69, 9.17) is 9.84 Å². The molecule has 0 aromatic heterocycles. The van der Waals surface area contributed by atoms with Crippen LogP contribution in [0.5, 0.6) is 0 Å². The van der Waals surface area contributed by atoms with Crippen LogP contribution in [0.15, 0.2) is 22.7 Å². The number of nitrogens with one attached hydrogen (secondary N) is 1. The molecular weight excluding hydrogens is 305 g/mol. The zero-order chi connectivity index (χ0) is 13.4. The van der Waals surface area contributed by atoms with Gasteiger partial charge < -0.3 is 15.2 Å². The first-order chi connectivity index (χ1) is 8.65. The molecule has 0 heterocycles. The molecule has 4 nitrogen and oxygen atoms in total. The molecule has 2 N–H and O–H groups in total. The maximum atomic E-state index is 13.4. The third kappa shape index (κ3) is 5.12. The van der Waals surface area contributed by atoms with E-state index in [0.717, 1.165) is 0 Å². The van der Waals surface area contributed by atoms with Gasteiger partial charge in [-0.2, -0.15) is 0 Å². The van der Waals surface area contributed by atoms with E-state index in [1.54, 1.807) is 0 Å². The molecule has 1 rings (SSSR count). The van der Waals surface area contributed by atoms with Crippen molar-refractivity contribution in [3.8, 4) is 0 Å². The lowest BCUT2D eigenvalue weighted by molar-refractivity contribution is 0.0866. The van der Waals surface area contributed by atoms with Crippen LogP contribution in [-0.4, -0.2) is 37.4 Å². The van der Waals surface area contributed by atoms with E-state index in [2.05, 4.69) is 21.2 Å². The van der Waals surface area contributed by atoms with Crippen LogP contribution in [0.1, 0.15) is 16.8 Å². The molecule has 1 aromatic carbocycles. The number of ether oxygens (including phenoxy) is 1. The highest BCUT2D eigenvalue weighted by Gasteiger charge is 2.11. The van der Waals surface area contributed by atoms with E-state index in [1.807, 2.05) is 0 Å². The second kappa shape index (κ2) is 8.18. The zero-order valence-electron chi connectivity index (χ0n) is 9.79. The number of aliphatic hydroxyl groups is 1. The van der Waals surface area contributed by atoms with Crippen molar-refractivity contribution in [3.05, 3.63) is 34.1 Å². The lowest BCUT2D eigenvalue weighted by atomic mass is 10.2. The summed E-state index contributed by atoms with van der Waals surface area (Å²) in [5.74, 6) is -0.997. The quantitative estimate of drug-likeness (QED) is 0.752. The van der Waals surface area contributed by atoms with Crippen molar-refractivity contribution < 1.29 is 19.0 Å². The Morgan fingerprint density at radius 2 is 2.22 bits per heavy atom. The van der Waals surface area contributed by atoms with Gasteiger partial charge in [0.15, 0.2) is 0 Å². The summed E-state index contributed by atoms with van der Waals surface area (Å²) in [6.07, 6.45) is 0.612. The summed E-state index contributed by atoms with van der Waals surface area (Å²) in [4.78, 5) is 11.7. The van der Waals surface area contributed by atoms with Gasteiger partial charge in [0.2, 0.25) is 0 Å². The molecule has 100 valence electrons. The summed E-state index contributed by atoms with van der Waals surface area (Å²) in [5, 5.41) is 11.1. The summed E-state index contributed by atoms with van der Waals surface area (Å²) < 4.78 is 19.0. The Kier molecular flexibility index (Phi) is 6.85. The van der Waals surface area contributed by atoms with Gasteiger partial charge in [0.25, 0.3) is 5.91 Å². The van der Waals surface area contributed by atoms with Gasteiger partial charge in [0.1, 0.15) is 5.82 Å². The number of halogens is 2. The molecule has 0 saturated heterocycles. The highest BCUT2D eigenvalue weighted by atomic mass is 79.9. The monoisotopic (exact) mass is 319 g/mol. The van der Waals surface area contributed by atoms with Crippen LogP contribution in [0.2, 0.25) is 0 Å². The van der Waals surface area contributed by atoms with E-state index in [1.165, 1.54) is 18.2 Å². The number of carbonyl (C=O) groups excluding carboxylic acids is 1. The van der Waals surface area contributed by atoms with Gasteiger partial charge in [-0.1, -0.05) is 15.9 Å². The fourth-order valence-corrected chi connectivity index (χ4v) is 1.67. The summed E-state index contributed by atoms with van der Waals surface area (Å²) in [5.41, 5.74) is 0.0145. The van der Waals surface area contributed by atoms with E-state index in [0.29, 0.717) is 24.0 Å². The van der Waals surface area contributed by atoms with E-state index >= 15 is 0 Å². The molecule has 1 aromatic rings. The van der Waals surface area contributed by atoms with Gasteiger partial charge >= 0.3 is 0 Å². The largest absolute Gasteiger partial charge is 0.394 e. The Hall–Kier alpha value is -0.980. The van der Waals surface area contributed by atoms with Crippen LogP contribution >= 0.6 is 15.9 Å². The Labute approximate surface area is 113 Å². The Morgan fingerprint density at radius 3 is 2.94 bits per heavy atom. The second-order valence-electron chi connectivity index (χ2n) is 3.57. The number of hydrogen-bond donors (Lipinski definition) is 2. The molecule has 0 spiro atoms. The average Bonchev–Trinajstić information content (AvgIpc) is 2.36.